The van der Waals surface area contributed by atoms with Crippen LogP contribution in [-0.4, -0.2) is 55.5 Å². The molecule has 5 heteroatoms. The highest BCUT2D eigenvalue weighted by Gasteiger charge is 2.22. The molecule has 0 bridgehead atoms. The van der Waals surface area contributed by atoms with Crippen molar-refractivity contribution < 1.29 is 9.53 Å². The molecule has 132 valence electrons. The molecule has 1 saturated heterocycles. The molecule has 2 aromatic rings. The fourth-order valence-electron chi connectivity index (χ4n) is 3.09. The lowest BCUT2D eigenvalue weighted by Gasteiger charge is -2.34. The van der Waals surface area contributed by atoms with Crippen LogP contribution in [-0.2, 0) is 6.42 Å². The third-order valence-electron chi connectivity index (χ3n) is 4.58. The molecule has 0 aliphatic carbocycles. The van der Waals surface area contributed by atoms with Crippen molar-refractivity contribution in [3.05, 3.63) is 64.7 Å². The molecular weight excluding hydrogens is 336 g/mol. The number of rotatable bonds is 5. The van der Waals surface area contributed by atoms with E-state index < -0.39 is 0 Å². The van der Waals surface area contributed by atoms with E-state index in [0.717, 1.165) is 44.9 Å². The molecule has 0 aromatic heterocycles. The maximum Gasteiger partial charge on any atom is 0.253 e. The molecule has 0 N–H and O–H groups in total. The Morgan fingerprint density at radius 1 is 1.08 bits per heavy atom. The normalized spacial score (nSPS) is 15.2. The number of benzene rings is 2. The van der Waals surface area contributed by atoms with E-state index in [4.69, 9.17) is 16.3 Å². The number of ether oxygens (including phenoxy) is 1. The van der Waals surface area contributed by atoms with Crippen molar-refractivity contribution in [2.24, 2.45) is 0 Å². The molecule has 4 nitrogen and oxygen atoms in total. The quantitative estimate of drug-likeness (QED) is 0.821. The Labute approximate surface area is 154 Å². The van der Waals surface area contributed by atoms with E-state index in [1.807, 2.05) is 29.2 Å². The number of piperazine rings is 1. The average molecular weight is 359 g/mol. The van der Waals surface area contributed by atoms with Gasteiger partial charge in [-0.15, -0.1) is 0 Å². The number of nitrogens with zero attached hydrogens (tertiary/aromatic N) is 2. The Hall–Kier alpha value is -2.04. The maximum absolute atomic E-state index is 12.5. The molecule has 0 spiro atoms. The largest absolute Gasteiger partial charge is 0.497 e. The predicted molar refractivity (Wildman–Crippen MR) is 100 cm³/mol. The first-order valence-electron chi connectivity index (χ1n) is 8.56. The molecule has 0 atom stereocenters. The predicted octanol–water partition coefficient (Wildman–Crippen LogP) is 3.35. The Morgan fingerprint density at radius 2 is 1.84 bits per heavy atom. The molecule has 0 unspecified atom stereocenters. The van der Waals surface area contributed by atoms with E-state index in [2.05, 4.69) is 17.0 Å². The standard InChI is InChI=1S/C20H23ClN2O2/c1-25-19-7-2-4-16(14-19)8-9-22-10-12-23(13-11-22)20(24)17-5-3-6-18(21)15-17/h2-7,14-15H,8-13H2,1H3. The number of carbonyl (C=O) groups is 1. The molecule has 1 fully saturated rings. The Morgan fingerprint density at radius 3 is 2.56 bits per heavy atom. The van der Waals surface area contributed by atoms with Crippen LogP contribution in [0, 0.1) is 0 Å². The van der Waals surface area contributed by atoms with Gasteiger partial charge in [-0.3, -0.25) is 9.69 Å². The van der Waals surface area contributed by atoms with Crippen molar-refractivity contribution in [2.75, 3.05) is 39.8 Å². The number of hydrogen-bond donors (Lipinski definition) is 0. The zero-order valence-corrected chi connectivity index (χ0v) is 15.2. The van der Waals surface area contributed by atoms with E-state index in [9.17, 15) is 4.79 Å². The molecule has 0 radical (unpaired) electrons. The van der Waals surface area contributed by atoms with Crippen molar-refractivity contribution in [3.63, 3.8) is 0 Å². The lowest BCUT2D eigenvalue weighted by atomic mass is 10.1. The second-order valence-electron chi connectivity index (χ2n) is 6.25. The first-order valence-corrected chi connectivity index (χ1v) is 8.93. The maximum atomic E-state index is 12.5. The third kappa shape index (κ3) is 4.74. The zero-order valence-electron chi connectivity index (χ0n) is 14.5. The summed E-state index contributed by atoms with van der Waals surface area (Å²) in [6.45, 7) is 4.30. The molecule has 1 aliphatic heterocycles. The van der Waals surface area contributed by atoms with Crippen molar-refractivity contribution in [1.29, 1.82) is 0 Å². The van der Waals surface area contributed by atoms with Gasteiger partial charge in [0.15, 0.2) is 0 Å². The van der Waals surface area contributed by atoms with Gasteiger partial charge in [0.1, 0.15) is 5.75 Å². The monoisotopic (exact) mass is 358 g/mol. The minimum atomic E-state index is 0.0648. The van der Waals surface area contributed by atoms with Crippen LogP contribution in [0.1, 0.15) is 15.9 Å². The van der Waals surface area contributed by atoms with Crippen LogP contribution in [0.5, 0.6) is 5.75 Å². The summed E-state index contributed by atoms with van der Waals surface area (Å²) in [5, 5.41) is 0.600. The fraction of sp³-hybridized carbons (Fsp3) is 0.350. The average Bonchev–Trinajstić information content (AvgIpc) is 2.66. The highest BCUT2D eigenvalue weighted by molar-refractivity contribution is 6.30. The molecule has 1 aliphatic rings. The topological polar surface area (TPSA) is 32.8 Å². The first-order chi connectivity index (χ1) is 12.2. The van der Waals surface area contributed by atoms with Crippen molar-refractivity contribution in [1.82, 2.24) is 9.80 Å². The minimum absolute atomic E-state index is 0.0648. The highest BCUT2D eigenvalue weighted by Crippen LogP contribution is 2.16. The van der Waals surface area contributed by atoms with Gasteiger partial charge in [-0.05, 0) is 42.3 Å². The van der Waals surface area contributed by atoms with E-state index >= 15 is 0 Å². The second kappa shape index (κ2) is 8.37. The summed E-state index contributed by atoms with van der Waals surface area (Å²) in [7, 11) is 1.69. The summed E-state index contributed by atoms with van der Waals surface area (Å²) < 4.78 is 5.27. The molecule has 2 aromatic carbocycles. The summed E-state index contributed by atoms with van der Waals surface area (Å²) in [4.78, 5) is 16.9. The van der Waals surface area contributed by atoms with E-state index in [1.54, 1.807) is 19.2 Å². The smallest absolute Gasteiger partial charge is 0.253 e. The number of hydrogen-bond acceptors (Lipinski definition) is 3. The van der Waals surface area contributed by atoms with Gasteiger partial charge in [-0.2, -0.15) is 0 Å². The summed E-state index contributed by atoms with van der Waals surface area (Å²) in [6, 6.07) is 15.4. The van der Waals surface area contributed by atoms with Crippen LogP contribution < -0.4 is 4.74 Å². The SMILES string of the molecule is COc1cccc(CCN2CCN(C(=O)c3cccc(Cl)c3)CC2)c1. The van der Waals surface area contributed by atoms with Gasteiger partial charge in [0, 0.05) is 43.3 Å². The Bertz CT molecular complexity index is 727. The first kappa shape index (κ1) is 17.8. The van der Waals surface area contributed by atoms with Gasteiger partial charge >= 0.3 is 0 Å². The van der Waals surface area contributed by atoms with Gasteiger partial charge in [-0.1, -0.05) is 29.8 Å². The van der Waals surface area contributed by atoms with E-state index in [1.165, 1.54) is 5.56 Å². The minimum Gasteiger partial charge on any atom is -0.497 e. The highest BCUT2D eigenvalue weighted by atomic mass is 35.5. The summed E-state index contributed by atoms with van der Waals surface area (Å²) in [5.74, 6) is 0.962. The summed E-state index contributed by atoms with van der Waals surface area (Å²) in [5.41, 5.74) is 1.94. The zero-order chi connectivity index (χ0) is 17.6. The van der Waals surface area contributed by atoms with Crippen molar-refractivity contribution in [2.45, 2.75) is 6.42 Å². The van der Waals surface area contributed by atoms with Crippen LogP contribution in [0.4, 0.5) is 0 Å². The van der Waals surface area contributed by atoms with Gasteiger partial charge in [-0.25, -0.2) is 0 Å². The molecule has 3 rings (SSSR count). The van der Waals surface area contributed by atoms with Crippen molar-refractivity contribution >= 4 is 17.5 Å². The van der Waals surface area contributed by atoms with E-state index in [-0.39, 0.29) is 5.91 Å². The summed E-state index contributed by atoms with van der Waals surface area (Å²) >= 11 is 5.98. The van der Waals surface area contributed by atoms with E-state index in [0.29, 0.717) is 10.6 Å². The van der Waals surface area contributed by atoms with Gasteiger partial charge in [0.05, 0.1) is 7.11 Å². The van der Waals surface area contributed by atoms with Crippen molar-refractivity contribution in [3.8, 4) is 5.75 Å². The summed E-state index contributed by atoms with van der Waals surface area (Å²) in [6.07, 6.45) is 0.986. The number of methoxy groups -OCH3 is 1. The van der Waals surface area contributed by atoms with Crippen LogP contribution in [0.2, 0.25) is 5.02 Å². The van der Waals surface area contributed by atoms with Crippen LogP contribution in [0.25, 0.3) is 0 Å². The molecular formula is C20H23ClN2O2. The van der Waals surface area contributed by atoms with Gasteiger partial charge in [0.2, 0.25) is 0 Å². The lowest BCUT2D eigenvalue weighted by molar-refractivity contribution is 0.0638. The molecule has 1 heterocycles. The fourth-order valence-corrected chi connectivity index (χ4v) is 3.28. The molecule has 1 amide bonds. The number of carbonyl (C=O) groups excluding carboxylic acids is 1. The Balaban J connectivity index is 1.49. The third-order valence-corrected chi connectivity index (χ3v) is 4.82. The van der Waals surface area contributed by atoms with Gasteiger partial charge in [0.25, 0.3) is 5.91 Å². The molecule has 25 heavy (non-hydrogen) atoms. The van der Waals surface area contributed by atoms with Gasteiger partial charge < -0.3 is 9.64 Å². The number of halogens is 1. The Kier molecular flexibility index (Phi) is 5.95. The number of amides is 1. The van der Waals surface area contributed by atoms with Crippen LogP contribution in [0.15, 0.2) is 48.5 Å². The molecule has 0 saturated carbocycles. The second-order valence-corrected chi connectivity index (χ2v) is 6.68. The van der Waals surface area contributed by atoms with Crippen LogP contribution >= 0.6 is 11.6 Å². The lowest BCUT2D eigenvalue weighted by Crippen LogP contribution is -2.49. The van der Waals surface area contributed by atoms with Crippen LogP contribution in [0.3, 0.4) is 0 Å².